The Morgan fingerprint density at radius 3 is 2.27 bits per heavy atom. The van der Waals surface area contributed by atoms with Crippen LogP contribution in [0.4, 0.5) is 0 Å². The van der Waals surface area contributed by atoms with Crippen molar-refractivity contribution in [1.29, 1.82) is 0 Å². The van der Waals surface area contributed by atoms with Gasteiger partial charge in [-0.2, -0.15) is 0 Å². The Bertz CT molecular complexity index is 393. The minimum Gasteiger partial charge on any atom is -0.466 e. The molecule has 0 aliphatic carbocycles. The Labute approximate surface area is 130 Å². The summed E-state index contributed by atoms with van der Waals surface area (Å²) in [5, 5.41) is 10.9. The number of nitrogens with zero attached hydrogens (tertiary/aromatic N) is 1. The summed E-state index contributed by atoms with van der Waals surface area (Å²) < 4.78 is 9.41. The second-order valence-corrected chi connectivity index (χ2v) is 5.15. The highest BCUT2D eigenvalue weighted by atomic mass is 16.6. The van der Waals surface area contributed by atoms with Crippen LogP contribution < -0.4 is 0 Å². The van der Waals surface area contributed by atoms with Gasteiger partial charge in [0, 0.05) is 24.3 Å². The van der Waals surface area contributed by atoms with Gasteiger partial charge in [-0.25, -0.2) is 4.79 Å². The maximum absolute atomic E-state index is 10.9. The van der Waals surface area contributed by atoms with Crippen LogP contribution in [0.2, 0.25) is 0 Å². The Hall–Kier alpha value is -1.92. The predicted molar refractivity (Wildman–Crippen MR) is 80.9 cm³/mol. The van der Waals surface area contributed by atoms with E-state index in [0.717, 1.165) is 31.8 Å². The summed E-state index contributed by atoms with van der Waals surface area (Å²) in [6.07, 6.45) is 6.87. The quantitative estimate of drug-likeness (QED) is 0.191. The number of rotatable bonds is 11. The highest BCUT2D eigenvalue weighted by molar-refractivity contribution is 5.81. The van der Waals surface area contributed by atoms with E-state index in [1.54, 1.807) is 0 Å². The highest BCUT2D eigenvalue weighted by Gasteiger charge is 2.16. The lowest BCUT2D eigenvalue weighted by molar-refractivity contribution is -0.510. The van der Waals surface area contributed by atoms with Gasteiger partial charge in [-0.1, -0.05) is 12.8 Å². The van der Waals surface area contributed by atoms with E-state index in [2.05, 4.69) is 4.74 Å². The monoisotopic (exact) mass is 315 g/mol. The molecule has 1 unspecified atom stereocenters. The molecular formula is C15H25NO6. The van der Waals surface area contributed by atoms with E-state index in [9.17, 15) is 19.7 Å². The summed E-state index contributed by atoms with van der Waals surface area (Å²) in [6.45, 7) is 3.23. The number of methoxy groups -OCH3 is 1. The number of esters is 2. The standard InChI is InChI=1S/C15H25NO6/c1-12(22-13(2)17)8-6-4-5-7-9-14(16(19)20)10-11-15(18)21-3/h10-12,14H,4-9H2,1-3H3/b11-10-/t12-,14?/m1/s1. The van der Waals surface area contributed by atoms with Gasteiger partial charge < -0.3 is 9.47 Å². The first-order valence-electron chi connectivity index (χ1n) is 7.43. The first kappa shape index (κ1) is 20.1. The minimum absolute atomic E-state index is 0.0907. The number of ether oxygens (including phenoxy) is 2. The molecule has 0 amide bonds. The maximum Gasteiger partial charge on any atom is 0.330 e. The zero-order chi connectivity index (χ0) is 17.0. The molecule has 0 aromatic rings. The Balaban J connectivity index is 3.86. The van der Waals surface area contributed by atoms with Gasteiger partial charge >= 0.3 is 11.9 Å². The molecule has 22 heavy (non-hydrogen) atoms. The Kier molecular flexibility index (Phi) is 10.7. The summed E-state index contributed by atoms with van der Waals surface area (Å²) in [4.78, 5) is 32.1. The molecule has 0 radical (unpaired) electrons. The smallest absolute Gasteiger partial charge is 0.330 e. The van der Waals surface area contributed by atoms with Gasteiger partial charge in [0.15, 0.2) is 0 Å². The maximum atomic E-state index is 10.9. The molecule has 0 saturated carbocycles. The van der Waals surface area contributed by atoms with Crippen LogP contribution in [0.5, 0.6) is 0 Å². The van der Waals surface area contributed by atoms with Crippen LogP contribution in [-0.2, 0) is 19.1 Å². The first-order chi connectivity index (χ1) is 10.4. The van der Waals surface area contributed by atoms with Crippen LogP contribution in [0.3, 0.4) is 0 Å². The largest absolute Gasteiger partial charge is 0.466 e. The van der Waals surface area contributed by atoms with Gasteiger partial charge in [-0.15, -0.1) is 0 Å². The highest BCUT2D eigenvalue weighted by Crippen LogP contribution is 2.12. The van der Waals surface area contributed by atoms with Crippen molar-refractivity contribution in [3.63, 3.8) is 0 Å². The molecule has 7 nitrogen and oxygen atoms in total. The van der Waals surface area contributed by atoms with Crippen molar-refractivity contribution < 1.29 is 24.0 Å². The van der Waals surface area contributed by atoms with E-state index in [1.165, 1.54) is 20.1 Å². The average molecular weight is 315 g/mol. The van der Waals surface area contributed by atoms with Crippen molar-refractivity contribution in [2.75, 3.05) is 7.11 Å². The molecule has 7 heteroatoms. The lowest BCUT2D eigenvalue weighted by Crippen LogP contribution is -2.17. The Morgan fingerprint density at radius 2 is 1.77 bits per heavy atom. The second kappa shape index (κ2) is 11.7. The number of carbonyl (C=O) groups is 2. The van der Waals surface area contributed by atoms with Gasteiger partial charge in [-0.3, -0.25) is 14.9 Å². The van der Waals surface area contributed by atoms with Crippen molar-refractivity contribution in [1.82, 2.24) is 0 Å². The topological polar surface area (TPSA) is 95.7 Å². The molecule has 0 N–H and O–H groups in total. The summed E-state index contributed by atoms with van der Waals surface area (Å²) >= 11 is 0. The van der Waals surface area contributed by atoms with E-state index in [-0.39, 0.29) is 12.1 Å². The molecule has 126 valence electrons. The van der Waals surface area contributed by atoms with Crippen molar-refractivity contribution in [2.45, 2.75) is 64.5 Å². The molecule has 0 aromatic heterocycles. The predicted octanol–water partition coefficient (Wildman–Crippen LogP) is 2.65. The third-order valence-electron chi connectivity index (χ3n) is 3.15. The summed E-state index contributed by atoms with van der Waals surface area (Å²) in [7, 11) is 1.23. The fourth-order valence-electron chi connectivity index (χ4n) is 2.01. The summed E-state index contributed by atoms with van der Waals surface area (Å²) in [5.41, 5.74) is 0. The van der Waals surface area contributed by atoms with E-state index in [4.69, 9.17) is 4.74 Å². The minimum atomic E-state index is -0.862. The van der Waals surface area contributed by atoms with Gasteiger partial charge in [0.05, 0.1) is 13.2 Å². The van der Waals surface area contributed by atoms with Gasteiger partial charge in [0.25, 0.3) is 0 Å². The number of hydrogen-bond donors (Lipinski definition) is 0. The summed E-state index contributed by atoms with van der Waals surface area (Å²) in [6, 6.07) is -0.862. The normalized spacial score (nSPS) is 13.6. The van der Waals surface area contributed by atoms with Crippen molar-refractivity contribution in [3.05, 3.63) is 22.3 Å². The van der Waals surface area contributed by atoms with Crippen LogP contribution in [-0.4, -0.2) is 36.1 Å². The SMILES string of the molecule is COC(=O)/C=C\C(CCCCCC[C@@H](C)OC(C)=O)[N+](=O)[O-]. The van der Waals surface area contributed by atoms with E-state index >= 15 is 0 Å². The molecule has 2 atom stereocenters. The molecule has 0 heterocycles. The molecule has 0 aromatic carbocycles. The third-order valence-corrected chi connectivity index (χ3v) is 3.15. The van der Waals surface area contributed by atoms with E-state index < -0.39 is 16.9 Å². The zero-order valence-electron chi connectivity index (χ0n) is 13.4. The van der Waals surface area contributed by atoms with Crippen LogP contribution >= 0.6 is 0 Å². The van der Waals surface area contributed by atoms with E-state index in [0.29, 0.717) is 12.8 Å². The number of unbranched alkanes of at least 4 members (excludes halogenated alkanes) is 3. The number of nitro groups is 1. The molecule has 0 aliphatic rings. The van der Waals surface area contributed by atoms with Crippen LogP contribution in [0, 0.1) is 10.1 Å². The molecular weight excluding hydrogens is 290 g/mol. The lowest BCUT2D eigenvalue weighted by atomic mass is 10.1. The van der Waals surface area contributed by atoms with Gasteiger partial charge in [-0.05, 0) is 32.3 Å². The molecule has 0 fully saturated rings. The Morgan fingerprint density at radius 1 is 1.18 bits per heavy atom. The average Bonchev–Trinajstić information content (AvgIpc) is 2.43. The van der Waals surface area contributed by atoms with Crippen LogP contribution in [0.1, 0.15) is 52.4 Å². The second-order valence-electron chi connectivity index (χ2n) is 5.15. The van der Waals surface area contributed by atoms with Crippen molar-refractivity contribution in [3.8, 4) is 0 Å². The molecule has 0 rings (SSSR count). The fourth-order valence-corrected chi connectivity index (χ4v) is 2.01. The summed E-state index contributed by atoms with van der Waals surface area (Å²) in [5.74, 6) is -0.870. The van der Waals surface area contributed by atoms with Crippen LogP contribution in [0.25, 0.3) is 0 Å². The third kappa shape index (κ3) is 10.8. The van der Waals surface area contributed by atoms with Gasteiger partial charge in [0.1, 0.15) is 0 Å². The number of hydrogen-bond acceptors (Lipinski definition) is 6. The van der Waals surface area contributed by atoms with Crippen LogP contribution in [0.15, 0.2) is 12.2 Å². The molecule has 0 bridgehead atoms. The lowest BCUT2D eigenvalue weighted by Gasteiger charge is -2.11. The van der Waals surface area contributed by atoms with E-state index in [1.807, 2.05) is 6.92 Å². The zero-order valence-corrected chi connectivity index (χ0v) is 13.4. The van der Waals surface area contributed by atoms with Crippen molar-refractivity contribution in [2.24, 2.45) is 0 Å². The van der Waals surface area contributed by atoms with Gasteiger partial charge in [0.2, 0.25) is 6.04 Å². The molecule has 0 spiro atoms. The molecule has 0 aliphatic heterocycles. The first-order valence-corrected chi connectivity index (χ1v) is 7.43. The fraction of sp³-hybridized carbons (Fsp3) is 0.733. The molecule has 0 saturated heterocycles. The number of carbonyl (C=O) groups excluding carboxylic acids is 2. The van der Waals surface area contributed by atoms with Crippen molar-refractivity contribution >= 4 is 11.9 Å².